The van der Waals surface area contributed by atoms with Gasteiger partial charge in [0.05, 0.1) is 11.3 Å². The molecule has 0 saturated carbocycles. The SMILES string of the molecule is C\C=C(/N=C1/NC(CN2CCC(O)(c3ccccc3)CC2)=C/C1=C(/C)N1CCC[C@@H]1C(N)=O)c1ccccc1. The largest absolute Gasteiger partial charge is 0.385 e. The second-order valence-electron chi connectivity index (χ2n) is 10.7. The Morgan fingerprint density at radius 1 is 1.10 bits per heavy atom. The lowest BCUT2D eigenvalue weighted by molar-refractivity contribution is -0.121. The fraction of sp³-hybridized carbons (Fsp3) is 0.375. The maximum Gasteiger partial charge on any atom is 0.240 e. The van der Waals surface area contributed by atoms with E-state index >= 15 is 0 Å². The van der Waals surface area contributed by atoms with Gasteiger partial charge in [-0.1, -0.05) is 66.7 Å². The van der Waals surface area contributed by atoms with Crippen molar-refractivity contribution >= 4 is 17.4 Å². The number of likely N-dealkylation sites (tertiary alicyclic amines) is 2. The van der Waals surface area contributed by atoms with E-state index in [2.05, 4.69) is 40.2 Å². The number of carbonyl (C=O) groups excluding carboxylic acids is 1. The Bertz CT molecular complexity index is 1300. The van der Waals surface area contributed by atoms with Crippen molar-refractivity contribution < 1.29 is 9.90 Å². The van der Waals surface area contributed by atoms with Crippen LogP contribution in [0.25, 0.3) is 5.70 Å². The van der Waals surface area contributed by atoms with Gasteiger partial charge in [-0.05, 0) is 56.7 Å². The molecular formula is C32H39N5O2. The second-order valence-corrected chi connectivity index (χ2v) is 10.7. The number of carbonyl (C=O) groups is 1. The van der Waals surface area contributed by atoms with Crippen molar-refractivity contribution in [2.24, 2.45) is 10.7 Å². The Morgan fingerprint density at radius 3 is 2.41 bits per heavy atom. The van der Waals surface area contributed by atoms with Gasteiger partial charge in [-0.25, -0.2) is 4.99 Å². The van der Waals surface area contributed by atoms with Crippen LogP contribution in [0.4, 0.5) is 0 Å². The molecule has 3 aliphatic heterocycles. The molecule has 0 bridgehead atoms. The summed E-state index contributed by atoms with van der Waals surface area (Å²) in [6.45, 7) is 7.20. The van der Waals surface area contributed by atoms with E-state index in [1.54, 1.807) is 0 Å². The molecular weight excluding hydrogens is 486 g/mol. The minimum absolute atomic E-state index is 0.279. The summed E-state index contributed by atoms with van der Waals surface area (Å²) >= 11 is 0. The molecule has 39 heavy (non-hydrogen) atoms. The van der Waals surface area contributed by atoms with Gasteiger partial charge in [-0.3, -0.25) is 9.69 Å². The molecule has 204 valence electrons. The zero-order chi connectivity index (χ0) is 27.4. The third-order valence-electron chi connectivity index (χ3n) is 8.22. The number of allylic oxidation sites excluding steroid dienone is 2. The minimum atomic E-state index is -0.778. The zero-order valence-electron chi connectivity index (χ0n) is 22.9. The molecule has 5 rings (SSSR count). The molecule has 1 atom stereocenters. The molecule has 7 heteroatoms. The summed E-state index contributed by atoms with van der Waals surface area (Å²) in [5.41, 5.74) is 11.0. The van der Waals surface area contributed by atoms with Crippen LogP contribution in [0.1, 0.15) is 50.7 Å². The van der Waals surface area contributed by atoms with E-state index in [-0.39, 0.29) is 11.9 Å². The number of primary amides is 1. The highest BCUT2D eigenvalue weighted by molar-refractivity contribution is 6.07. The summed E-state index contributed by atoms with van der Waals surface area (Å²) in [4.78, 5) is 21.7. The molecule has 0 unspecified atom stereocenters. The van der Waals surface area contributed by atoms with Gasteiger partial charge >= 0.3 is 0 Å². The number of nitrogens with two attached hydrogens (primary N) is 1. The summed E-state index contributed by atoms with van der Waals surface area (Å²) in [5, 5.41) is 14.9. The highest BCUT2D eigenvalue weighted by Crippen LogP contribution is 2.33. The van der Waals surface area contributed by atoms with Crippen LogP contribution in [0.3, 0.4) is 0 Å². The molecule has 0 spiro atoms. The third kappa shape index (κ3) is 5.84. The van der Waals surface area contributed by atoms with Gasteiger partial charge < -0.3 is 21.1 Å². The van der Waals surface area contributed by atoms with Gasteiger partial charge in [0.15, 0.2) is 0 Å². The first-order valence-corrected chi connectivity index (χ1v) is 13.9. The number of amides is 1. The van der Waals surface area contributed by atoms with Gasteiger partial charge in [0.1, 0.15) is 11.9 Å². The highest BCUT2D eigenvalue weighted by Gasteiger charge is 2.35. The van der Waals surface area contributed by atoms with Crippen molar-refractivity contribution in [3.8, 4) is 0 Å². The van der Waals surface area contributed by atoms with Crippen LogP contribution < -0.4 is 11.1 Å². The predicted octanol–water partition coefficient (Wildman–Crippen LogP) is 4.14. The van der Waals surface area contributed by atoms with Crippen molar-refractivity contribution in [1.82, 2.24) is 15.1 Å². The number of hydrogen-bond donors (Lipinski definition) is 3. The van der Waals surface area contributed by atoms with E-state index in [0.717, 1.165) is 78.6 Å². The fourth-order valence-corrected chi connectivity index (χ4v) is 5.95. The van der Waals surface area contributed by atoms with E-state index < -0.39 is 5.60 Å². The normalized spacial score (nSPS) is 24.0. The van der Waals surface area contributed by atoms with Gasteiger partial charge in [0, 0.05) is 43.1 Å². The maximum absolute atomic E-state index is 12.2. The number of nitrogens with zero attached hydrogens (tertiary/aromatic N) is 3. The van der Waals surface area contributed by atoms with Crippen molar-refractivity contribution in [3.05, 3.63) is 101 Å². The van der Waals surface area contributed by atoms with Crippen LogP contribution in [0.15, 0.2) is 94.8 Å². The quantitative estimate of drug-likeness (QED) is 0.505. The average Bonchev–Trinajstić information content (AvgIpc) is 3.61. The molecule has 0 aromatic heterocycles. The topological polar surface area (TPSA) is 94.2 Å². The molecule has 0 radical (unpaired) electrons. The first-order valence-electron chi connectivity index (χ1n) is 13.9. The molecule has 2 saturated heterocycles. The lowest BCUT2D eigenvalue weighted by Crippen LogP contribution is -2.44. The number of amidine groups is 1. The highest BCUT2D eigenvalue weighted by atomic mass is 16.3. The van der Waals surface area contributed by atoms with E-state index in [4.69, 9.17) is 10.7 Å². The molecule has 2 aromatic rings. The third-order valence-corrected chi connectivity index (χ3v) is 8.22. The van der Waals surface area contributed by atoms with E-state index in [9.17, 15) is 9.90 Å². The number of benzene rings is 2. The zero-order valence-corrected chi connectivity index (χ0v) is 22.9. The molecule has 4 N–H and O–H groups in total. The summed E-state index contributed by atoms with van der Waals surface area (Å²) in [7, 11) is 0. The lowest BCUT2D eigenvalue weighted by atomic mass is 9.84. The number of rotatable bonds is 7. The molecule has 3 aliphatic rings. The lowest BCUT2D eigenvalue weighted by Gasteiger charge is -2.38. The molecule has 2 fully saturated rings. The summed E-state index contributed by atoms with van der Waals surface area (Å²) in [6.07, 6.45) is 7.29. The smallest absolute Gasteiger partial charge is 0.240 e. The van der Waals surface area contributed by atoms with Crippen LogP contribution in [-0.2, 0) is 10.4 Å². The van der Waals surface area contributed by atoms with Crippen molar-refractivity contribution in [3.63, 3.8) is 0 Å². The predicted molar refractivity (Wildman–Crippen MR) is 156 cm³/mol. The van der Waals surface area contributed by atoms with Gasteiger partial charge in [0.2, 0.25) is 5.91 Å². The summed E-state index contributed by atoms with van der Waals surface area (Å²) in [6, 6.07) is 19.9. The number of hydrogen-bond acceptors (Lipinski definition) is 5. The van der Waals surface area contributed by atoms with Crippen LogP contribution in [0.2, 0.25) is 0 Å². The average molecular weight is 526 g/mol. The maximum atomic E-state index is 12.2. The summed E-state index contributed by atoms with van der Waals surface area (Å²) in [5.74, 6) is 0.506. The Hall–Kier alpha value is -3.68. The van der Waals surface area contributed by atoms with Crippen molar-refractivity contribution in [1.29, 1.82) is 0 Å². The van der Waals surface area contributed by atoms with Gasteiger partial charge in [-0.2, -0.15) is 0 Å². The van der Waals surface area contributed by atoms with Crippen molar-refractivity contribution in [2.75, 3.05) is 26.2 Å². The van der Waals surface area contributed by atoms with Gasteiger partial charge in [0.25, 0.3) is 0 Å². The first kappa shape index (κ1) is 26.9. The molecule has 2 aromatic carbocycles. The van der Waals surface area contributed by atoms with E-state index in [1.807, 2.05) is 61.5 Å². The number of aliphatic hydroxyl groups is 1. The standard InChI is InChI=1S/C32H39N5O2/c1-3-28(24-11-6-4-7-12-24)35-31-27(23(2)37-18-10-15-29(37)30(33)38)21-26(34-31)22-36-19-16-32(39,17-20-36)25-13-8-5-9-14-25/h3-9,11-14,21,29,39H,10,15-20,22H2,1-2H3,(H2,33,38)(H,34,35)/b27-23+,28-3-/t29-/m1/s1. The Kier molecular flexibility index (Phi) is 8.00. The Morgan fingerprint density at radius 2 is 1.77 bits per heavy atom. The number of piperidine rings is 1. The first-order chi connectivity index (χ1) is 18.9. The van der Waals surface area contributed by atoms with Crippen LogP contribution in [0.5, 0.6) is 0 Å². The van der Waals surface area contributed by atoms with Crippen LogP contribution in [0, 0.1) is 0 Å². The molecule has 0 aliphatic carbocycles. The summed E-state index contributed by atoms with van der Waals surface area (Å²) < 4.78 is 0. The molecule has 7 nitrogen and oxygen atoms in total. The monoisotopic (exact) mass is 525 g/mol. The number of aliphatic imine (C=N–C) groups is 1. The Labute approximate surface area is 231 Å². The second kappa shape index (κ2) is 11.6. The number of nitrogens with one attached hydrogen (secondary N) is 1. The van der Waals surface area contributed by atoms with E-state index in [0.29, 0.717) is 12.8 Å². The fourth-order valence-electron chi connectivity index (χ4n) is 5.95. The molecule has 1 amide bonds. The van der Waals surface area contributed by atoms with Gasteiger partial charge in [-0.15, -0.1) is 0 Å². The minimum Gasteiger partial charge on any atom is -0.385 e. The van der Waals surface area contributed by atoms with Crippen LogP contribution in [-0.4, -0.2) is 58.9 Å². The van der Waals surface area contributed by atoms with E-state index in [1.165, 1.54) is 0 Å². The molecule has 3 heterocycles. The van der Waals surface area contributed by atoms with Crippen LogP contribution >= 0.6 is 0 Å². The van der Waals surface area contributed by atoms with Crippen molar-refractivity contribution in [2.45, 2.75) is 51.2 Å². The Balaban J connectivity index is 1.39.